The van der Waals surface area contributed by atoms with Gasteiger partial charge in [-0.25, -0.2) is 13.1 Å². The summed E-state index contributed by atoms with van der Waals surface area (Å²) in [6, 6.07) is 0.365. The fourth-order valence-corrected chi connectivity index (χ4v) is 4.31. The summed E-state index contributed by atoms with van der Waals surface area (Å²) in [7, 11) is -3.11. The zero-order chi connectivity index (χ0) is 12.9. The number of nitrogens with two attached hydrogens (primary N) is 1. The molecular weight excluding hydrogens is 272 g/mol. The maximum Gasteiger partial charge on any atom is 0.212 e. The summed E-state index contributed by atoms with van der Waals surface area (Å²) in [5.74, 6) is 0.543. The number of hydrogen-bond acceptors (Lipinski definition) is 3. The first-order valence-corrected chi connectivity index (χ1v) is 8.37. The Labute approximate surface area is 118 Å². The van der Waals surface area contributed by atoms with Crippen LogP contribution in [0.15, 0.2) is 0 Å². The van der Waals surface area contributed by atoms with Gasteiger partial charge in [0.15, 0.2) is 0 Å². The smallest absolute Gasteiger partial charge is 0.212 e. The minimum Gasteiger partial charge on any atom is -0.328 e. The number of hydrogen-bond donors (Lipinski definition) is 2. The lowest BCUT2D eigenvalue weighted by molar-refractivity contribution is 0.372. The van der Waals surface area contributed by atoms with Crippen molar-refractivity contribution in [3.63, 3.8) is 0 Å². The van der Waals surface area contributed by atoms with Crippen LogP contribution in [-0.2, 0) is 10.0 Å². The molecule has 0 aromatic heterocycles. The standard InChI is InChI=1S/C12H26N2O2S.ClH/c1-3-10(4-2)9-17(15,16)14-12-7-5-11(13)6-8-12;/h10-12,14H,3-9,13H2,1-2H3;1H. The fraction of sp³-hybridized carbons (Fsp3) is 1.00. The van der Waals surface area contributed by atoms with Gasteiger partial charge in [0.25, 0.3) is 0 Å². The van der Waals surface area contributed by atoms with E-state index in [0.717, 1.165) is 38.5 Å². The van der Waals surface area contributed by atoms with Crippen LogP contribution in [0.3, 0.4) is 0 Å². The van der Waals surface area contributed by atoms with Crippen LogP contribution in [-0.4, -0.2) is 26.3 Å². The second kappa shape index (κ2) is 8.35. The van der Waals surface area contributed by atoms with Gasteiger partial charge in [-0.2, -0.15) is 0 Å². The van der Waals surface area contributed by atoms with E-state index < -0.39 is 10.0 Å². The average Bonchev–Trinajstić information content (AvgIpc) is 2.29. The summed E-state index contributed by atoms with van der Waals surface area (Å²) in [5.41, 5.74) is 5.81. The van der Waals surface area contributed by atoms with E-state index in [2.05, 4.69) is 4.72 Å². The highest BCUT2D eigenvalue weighted by atomic mass is 35.5. The van der Waals surface area contributed by atoms with E-state index in [4.69, 9.17) is 5.73 Å². The molecule has 18 heavy (non-hydrogen) atoms. The SMILES string of the molecule is CCC(CC)CS(=O)(=O)NC1CCC(N)CC1.Cl. The van der Waals surface area contributed by atoms with Crippen LogP contribution in [0.5, 0.6) is 0 Å². The Hall–Kier alpha value is 0.160. The molecule has 0 aromatic rings. The molecule has 1 rings (SSSR count). The highest BCUT2D eigenvalue weighted by molar-refractivity contribution is 7.89. The molecule has 0 aromatic carbocycles. The van der Waals surface area contributed by atoms with E-state index in [1.54, 1.807) is 0 Å². The van der Waals surface area contributed by atoms with Gasteiger partial charge < -0.3 is 5.73 Å². The van der Waals surface area contributed by atoms with Gasteiger partial charge in [-0.3, -0.25) is 0 Å². The summed E-state index contributed by atoms with van der Waals surface area (Å²) >= 11 is 0. The second-order valence-corrected chi connectivity index (χ2v) is 6.99. The lowest BCUT2D eigenvalue weighted by Gasteiger charge is -2.27. The molecule has 0 radical (unpaired) electrons. The van der Waals surface area contributed by atoms with Gasteiger partial charge in [-0.05, 0) is 31.6 Å². The van der Waals surface area contributed by atoms with Crippen LogP contribution >= 0.6 is 12.4 Å². The lowest BCUT2D eigenvalue weighted by atomic mass is 9.93. The first kappa shape index (κ1) is 18.2. The zero-order valence-electron chi connectivity index (χ0n) is 11.4. The molecule has 0 amide bonds. The van der Waals surface area contributed by atoms with Crippen molar-refractivity contribution >= 4 is 22.4 Å². The highest BCUT2D eigenvalue weighted by Gasteiger charge is 2.24. The fourth-order valence-electron chi connectivity index (χ4n) is 2.37. The number of rotatable bonds is 6. The average molecular weight is 299 g/mol. The van der Waals surface area contributed by atoms with E-state index in [-0.39, 0.29) is 36.2 Å². The molecule has 1 aliphatic rings. The maximum absolute atomic E-state index is 12.0. The summed E-state index contributed by atoms with van der Waals surface area (Å²) in [6.45, 7) is 4.09. The Morgan fingerprint density at radius 1 is 1.17 bits per heavy atom. The van der Waals surface area contributed by atoms with E-state index in [1.165, 1.54) is 0 Å². The number of halogens is 1. The predicted molar refractivity (Wildman–Crippen MR) is 78.5 cm³/mol. The van der Waals surface area contributed by atoms with Gasteiger partial charge in [0, 0.05) is 12.1 Å². The third-order valence-corrected chi connectivity index (χ3v) is 5.33. The van der Waals surface area contributed by atoms with E-state index in [9.17, 15) is 8.42 Å². The molecule has 1 fully saturated rings. The topological polar surface area (TPSA) is 72.2 Å². The first-order chi connectivity index (χ1) is 7.96. The molecule has 0 saturated heterocycles. The summed E-state index contributed by atoms with van der Waals surface area (Å²) in [6.07, 6.45) is 5.46. The molecule has 110 valence electrons. The van der Waals surface area contributed by atoms with Crippen LogP contribution in [0.25, 0.3) is 0 Å². The van der Waals surface area contributed by atoms with Crippen molar-refractivity contribution in [1.29, 1.82) is 0 Å². The molecule has 0 unspecified atom stereocenters. The quantitative estimate of drug-likeness (QED) is 0.788. The third-order valence-electron chi connectivity index (χ3n) is 3.73. The van der Waals surface area contributed by atoms with Crippen LogP contribution in [0.4, 0.5) is 0 Å². The van der Waals surface area contributed by atoms with Gasteiger partial charge in [-0.1, -0.05) is 26.7 Å². The normalized spacial score (nSPS) is 24.9. The van der Waals surface area contributed by atoms with Crippen molar-refractivity contribution in [2.75, 3.05) is 5.75 Å². The summed E-state index contributed by atoms with van der Waals surface area (Å²) < 4.78 is 26.8. The highest BCUT2D eigenvalue weighted by Crippen LogP contribution is 2.18. The van der Waals surface area contributed by atoms with E-state index in [1.807, 2.05) is 13.8 Å². The first-order valence-electron chi connectivity index (χ1n) is 6.72. The van der Waals surface area contributed by atoms with Crippen LogP contribution in [0.1, 0.15) is 52.4 Å². The molecule has 3 N–H and O–H groups in total. The summed E-state index contributed by atoms with van der Waals surface area (Å²) in [5, 5.41) is 0. The number of sulfonamides is 1. The van der Waals surface area contributed by atoms with Gasteiger partial charge in [0.2, 0.25) is 10.0 Å². The van der Waals surface area contributed by atoms with E-state index >= 15 is 0 Å². The van der Waals surface area contributed by atoms with Crippen LogP contribution in [0, 0.1) is 5.92 Å². The maximum atomic E-state index is 12.0. The molecule has 6 heteroatoms. The van der Waals surface area contributed by atoms with Gasteiger partial charge in [0.05, 0.1) is 5.75 Å². The Kier molecular flexibility index (Phi) is 8.43. The lowest BCUT2D eigenvalue weighted by Crippen LogP contribution is -2.42. The molecule has 1 aliphatic carbocycles. The summed E-state index contributed by atoms with van der Waals surface area (Å²) in [4.78, 5) is 0. The Morgan fingerprint density at radius 2 is 1.67 bits per heavy atom. The molecular formula is C12H27ClN2O2S. The minimum atomic E-state index is -3.11. The van der Waals surface area contributed by atoms with Crippen LogP contribution < -0.4 is 10.5 Å². The van der Waals surface area contributed by atoms with Gasteiger partial charge in [-0.15, -0.1) is 12.4 Å². The Balaban J connectivity index is 0.00000289. The molecule has 0 spiro atoms. The Morgan fingerprint density at radius 3 is 2.11 bits per heavy atom. The van der Waals surface area contributed by atoms with Crippen molar-refractivity contribution in [3.8, 4) is 0 Å². The molecule has 1 saturated carbocycles. The van der Waals surface area contributed by atoms with Crippen molar-refractivity contribution in [1.82, 2.24) is 4.72 Å². The van der Waals surface area contributed by atoms with Crippen LogP contribution in [0.2, 0.25) is 0 Å². The Bertz CT molecular complexity index is 310. The van der Waals surface area contributed by atoms with Crippen molar-refractivity contribution in [2.45, 2.75) is 64.5 Å². The van der Waals surface area contributed by atoms with E-state index in [0.29, 0.717) is 0 Å². The predicted octanol–water partition coefficient (Wildman–Crippen LogP) is 2.03. The van der Waals surface area contributed by atoms with Crippen molar-refractivity contribution in [2.24, 2.45) is 11.7 Å². The zero-order valence-corrected chi connectivity index (χ0v) is 13.0. The largest absolute Gasteiger partial charge is 0.328 e. The third kappa shape index (κ3) is 6.36. The minimum absolute atomic E-state index is 0. The van der Waals surface area contributed by atoms with Crippen molar-refractivity contribution < 1.29 is 8.42 Å². The van der Waals surface area contributed by atoms with Gasteiger partial charge in [0.1, 0.15) is 0 Å². The van der Waals surface area contributed by atoms with Crippen molar-refractivity contribution in [3.05, 3.63) is 0 Å². The monoisotopic (exact) mass is 298 g/mol. The molecule has 4 nitrogen and oxygen atoms in total. The molecule has 0 bridgehead atoms. The van der Waals surface area contributed by atoms with Gasteiger partial charge >= 0.3 is 0 Å². The molecule has 0 heterocycles. The second-order valence-electron chi connectivity index (χ2n) is 5.19. The number of nitrogens with one attached hydrogen (secondary N) is 1. The molecule has 0 atom stereocenters. The molecule has 0 aliphatic heterocycles.